The van der Waals surface area contributed by atoms with Crippen molar-refractivity contribution in [3.05, 3.63) is 75.5 Å². The number of hydrogen-bond acceptors (Lipinski definition) is 8. The van der Waals surface area contributed by atoms with Crippen molar-refractivity contribution in [3.63, 3.8) is 0 Å². The van der Waals surface area contributed by atoms with Gasteiger partial charge in [-0.25, -0.2) is 4.79 Å². The van der Waals surface area contributed by atoms with Gasteiger partial charge in [0.2, 0.25) is 0 Å². The molecule has 0 aliphatic heterocycles. The molecule has 0 aliphatic rings. The number of ketones is 1. The minimum Gasteiger partial charge on any atom is -0.493 e. The Morgan fingerprint density at radius 1 is 0.938 bits per heavy atom. The number of allylic oxidation sites excluding steroid dienone is 1. The van der Waals surface area contributed by atoms with Gasteiger partial charge < -0.3 is 14.6 Å². The lowest BCUT2D eigenvalue weighted by Crippen LogP contribution is -2.14. The first-order valence-electron chi connectivity index (χ1n) is 9.50. The number of thiophene rings is 1. The van der Waals surface area contributed by atoms with E-state index in [-0.39, 0.29) is 17.6 Å². The lowest BCUT2D eigenvalue weighted by Gasteiger charge is -2.14. The standard InChI is InChI=1S/C23H18N2O5S2/c1-29-19-8-6-14(11-20(19)30-2)22(26)16(12-15-4-3-9-31-15)21(23(27)28)13-5-7-17-18(10-13)25-32-24-17/h3-11H,12H2,1-2H3,(H,27,28). The third-order valence-corrected chi connectivity index (χ3v) is 6.34. The van der Waals surface area contributed by atoms with Crippen LogP contribution in [-0.2, 0) is 11.2 Å². The molecule has 1 N–H and O–H groups in total. The molecule has 9 heteroatoms. The highest BCUT2D eigenvalue weighted by atomic mass is 32.1. The summed E-state index contributed by atoms with van der Waals surface area (Å²) in [6.45, 7) is 0. The number of rotatable bonds is 8. The van der Waals surface area contributed by atoms with Crippen molar-refractivity contribution in [3.8, 4) is 11.5 Å². The van der Waals surface area contributed by atoms with Gasteiger partial charge in [0.25, 0.3) is 0 Å². The molecule has 2 aromatic carbocycles. The van der Waals surface area contributed by atoms with E-state index in [0.717, 1.165) is 16.6 Å². The average Bonchev–Trinajstić information content (AvgIpc) is 3.49. The molecule has 0 aliphatic carbocycles. The molecule has 0 bridgehead atoms. The maximum atomic E-state index is 13.6. The minimum absolute atomic E-state index is 0.0620. The van der Waals surface area contributed by atoms with Crippen LogP contribution in [0.4, 0.5) is 0 Å². The number of aromatic nitrogens is 2. The number of carboxylic acid groups (broad SMARTS) is 1. The largest absolute Gasteiger partial charge is 0.493 e. The molecule has 0 spiro atoms. The Bertz CT molecular complexity index is 1330. The molecule has 32 heavy (non-hydrogen) atoms. The van der Waals surface area contributed by atoms with Gasteiger partial charge in [-0.3, -0.25) is 4.79 Å². The van der Waals surface area contributed by atoms with Crippen LogP contribution in [0.3, 0.4) is 0 Å². The normalized spacial score (nSPS) is 11.8. The highest BCUT2D eigenvalue weighted by Gasteiger charge is 2.25. The number of carbonyl (C=O) groups excluding carboxylic acids is 1. The highest BCUT2D eigenvalue weighted by Crippen LogP contribution is 2.32. The number of ether oxygens (including phenoxy) is 2. The van der Waals surface area contributed by atoms with Gasteiger partial charge in [0.05, 0.1) is 31.5 Å². The van der Waals surface area contributed by atoms with Gasteiger partial charge >= 0.3 is 5.97 Å². The lowest BCUT2D eigenvalue weighted by atomic mass is 9.91. The van der Waals surface area contributed by atoms with Gasteiger partial charge in [-0.2, -0.15) is 8.75 Å². The molecule has 2 heterocycles. The van der Waals surface area contributed by atoms with E-state index < -0.39 is 11.8 Å². The van der Waals surface area contributed by atoms with Gasteiger partial charge in [0.15, 0.2) is 17.3 Å². The quantitative estimate of drug-likeness (QED) is 0.296. The van der Waals surface area contributed by atoms with Crippen molar-refractivity contribution in [2.75, 3.05) is 14.2 Å². The van der Waals surface area contributed by atoms with Crippen molar-refractivity contribution >= 4 is 51.4 Å². The van der Waals surface area contributed by atoms with Crippen LogP contribution in [0.1, 0.15) is 20.8 Å². The predicted molar refractivity (Wildman–Crippen MR) is 124 cm³/mol. The Morgan fingerprint density at radius 2 is 1.69 bits per heavy atom. The molecule has 4 aromatic rings. The summed E-state index contributed by atoms with van der Waals surface area (Å²) < 4.78 is 18.9. The van der Waals surface area contributed by atoms with Crippen LogP contribution in [0.15, 0.2) is 59.5 Å². The van der Waals surface area contributed by atoms with E-state index in [9.17, 15) is 14.7 Å². The zero-order valence-corrected chi connectivity index (χ0v) is 18.8. The summed E-state index contributed by atoms with van der Waals surface area (Å²) in [5.74, 6) is -0.713. The summed E-state index contributed by atoms with van der Waals surface area (Å²) in [6, 6.07) is 13.5. The molecule has 2 aromatic heterocycles. The highest BCUT2D eigenvalue weighted by molar-refractivity contribution is 7.09. The van der Waals surface area contributed by atoms with Crippen LogP contribution in [0.25, 0.3) is 16.6 Å². The average molecular weight is 467 g/mol. The number of Topliss-reactive ketones (excluding diaryl/α,β-unsaturated/α-hetero) is 1. The van der Waals surface area contributed by atoms with Crippen LogP contribution >= 0.6 is 23.1 Å². The Morgan fingerprint density at radius 3 is 2.38 bits per heavy atom. The van der Waals surface area contributed by atoms with E-state index in [1.165, 1.54) is 25.6 Å². The second-order valence-corrected chi connectivity index (χ2v) is 8.34. The summed E-state index contributed by atoms with van der Waals surface area (Å²) in [4.78, 5) is 26.9. The number of hydrogen-bond donors (Lipinski definition) is 1. The van der Waals surface area contributed by atoms with Crippen LogP contribution in [0.2, 0.25) is 0 Å². The fourth-order valence-corrected chi connectivity index (χ4v) is 4.62. The number of nitrogens with zero attached hydrogens (tertiary/aromatic N) is 2. The molecular weight excluding hydrogens is 448 g/mol. The van der Waals surface area contributed by atoms with Gasteiger partial charge in [-0.1, -0.05) is 12.1 Å². The third kappa shape index (κ3) is 4.25. The molecule has 7 nitrogen and oxygen atoms in total. The first kappa shape index (κ1) is 21.7. The first-order valence-corrected chi connectivity index (χ1v) is 11.1. The molecular formula is C23H18N2O5S2. The monoisotopic (exact) mass is 466 g/mol. The van der Waals surface area contributed by atoms with Crippen molar-refractivity contribution < 1.29 is 24.2 Å². The molecule has 0 atom stereocenters. The Kier molecular flexibility index (Phi) is 6.29. The van der Waals surface area contributed by atoms with Gasteiger partial charge in [-0.15, -0.1) is 11.3 Å². The Balaban J connectivity index is 1.90. The molecule has 0 saturated carbocycles. The van der Waals surface area contributed by atoms with E-state index in [1.807, 2.05) is 17.5 Å². The SMILES string of the molecule is COc1ccc(C(=O)C(Cc2cccs2)=C(C(=O)O)c2ccc3nsnc3c2)cc1OC. The molecule has 0 amide bonds. The fraction of sp³-hybridized carbons (Fsp3) is 0.130. The van der Waals surface area contributed by atoms with Gasteiger partial charge in [-0.05, 0) is 47.3 Å². The zero-order chi connectivity index (χ0) is 22.7. The van der Waals surface area contributed by atoms with Crippen molar-refractivity contribution in [2.45, 2.75) is 6.42 Å². The number of aliphatic carboxylic acids is 1. The van der Waals surface area contributed by atoms with Gasteiger partial charge in [0.1, 0.15) is 11.0 Å². The fourth-order valence-electron chi connectivity index (χ4n) is 3.39. The number of carbonyl (C=O) groups is 2. The second-order valence-electron chi connectivity index (χ2n) is 6.78. The van der Waals surface area contributed by atoms with Gasteiger partial charge in [0, 0.05) is 22.4 Å². The number of fused-ring (bicyclic) bond motifs is 1. The lowest BCUT2D eigenvalue weighted by molar-refractivity contribution is -0.130. The summed E-state index contributed by atoms with van der Waals surface area (Å²) in [5, 5.41) is 12.0. The van der Waals surface area contributed by atoms with Crippen LogP contribution < -0.4 is 9.47 Å². The smallest absolute Gasteiger partial charge is 0.336 e. The second kappa shape index (κ2) is 9.29. The van der Waals surface area contributed by atoms with E-state index in [4.69, 9.17) is 9.47 Å². The van der Waals surface area contributed by atoms with E-state index in [0.29, 0.717) is 33.7 Å². The summed E-state index contributed by atoms with van der Waals surface area (Å²) in [6.07, 6.45) is 0.180. The number of carboxylic acids is 1. The van der Waals surface area contributed by atoms with E-state index >= 15 is 0 Å². The summed E-state index contributed by atoms with van der Waals surface area (Å²) >= 11 is 2.51. The summed E-state index contributed by atoms with van der Waals surface area (Å²) in [7, 11) is 2.99. The maximum Gasteiger partial charge on any atom is 0.336 e. The van der Waals surface area contributed by atoms with Crippen molar-refractivity contribution in [1.82, 2.24) is 8.75 Å². The molecule has 0 unspecified atom stereocenters. The topological polar surface area (TPSA) is 98.6 Å². The van der Waals surface area contributed by atoms with Crippen LogP contribution in [0.5, 0.6) is 11.5 Å². The maximum absolute atomic E-state index is 13.6. The van der Waals surface area contributed by atoms with E-state index in [2.05, 4.69) is 8.75 Å². The Hall–Kier alpha value is -3.56. The van der Waals surface area contributed by atoms with Crippen molar-refractivity contribution in [2.24, 2.45) is 0 Å². The summed E-state index contributed by atoms with van der Waals surface area (Å²) in [5.41, 5.74) is 2.08. The van der Waals surface area contributed by atoms with Crippen LogP contribution in [0, 0.1) is 0 Å². The number of methoxy groups -OCH3 is 2. The van der Waals surface area contributed by atoms with Crippen LogP contribution in [-0.4, -0.2) is 39.8 Å². The molecule has 0 fully saturated rings. The minimum atomic E-state index is -1.19. The molecule has 4 rings (SSSR count). The molecule has 0 saturated heterocycles. The number of benzene rings is 2. The van der Waals surface area contributed by atoms with Crippen molar-refractivity contribution in [1.29, 1.82) is 0 Å². The predicted octanol–water partition coefficient (Wildman–Crippen LogP) is 4.73. The third-order valence-electron chi connectivity index (χ3n) is 4.91. The Labute approximate surface area is 191 Å². The molecule has 162 valence electrons. The molecule has 0 radical (unpaired) electrons. The first-order chi connectivity index (χ1) is 15.5. The zero-order valence-electron chi connectivity index (χ0n) is 17.2. The van der Waals surface area contributed by atoms with E-state index in [1.54, 1.807) is 36.4 Å².